The van der Waals surface area contributed by atoms with Crippen LogP contribution in [0.2, 0.25) is 0 Å². The number of rotatable bonds is 14. The molecular weight excluding hydrogens is 489 g/mol. The summed E-state index contributed by atoms with van der Waals surface area (Å²) in [6.45, 7) is 8.23. The Kier molecular flexibility index (Phi) is 10.3. The molecule has 1 unspecified atom stereocenters. The normalized spacial score (nSPS) is 12.6. The van der Waals surface area contributed by atoms with Crippen molar-refractivity contribution in [2.75, 3.05) is 44.9 Å². The summed E-state index contributed by atoms with van der Waals surface area (Å²) >= 11 is 0. The fourth-order valence-corrected chi connectivity index (χ4v) is 3.32. The second kappa shape index (κ2) is 13.4. The van der Waals surface area contributed by atoms with E-state index in [9.17, 15) is 18.3 Å². The van der Waals surface area contributed by atoms with Crippen molar-refractivity contribution >= 4 is 5.69 Å². The highest BCUT2D eigenvalue weighted by Gasteiger charge is 2.30. The molecule has 0 aliphatic rings. The quantitative estimate of drug-likeness (QED) is 0.294. The smallest absolute Gasteiger partial charge is 0.416 e. The number of hydrogen-bond donors (Lipinski definition) is 2. The number of benzene rings is 2. The van der Waals surface area contributed by atoms with Crippen molar-refractivity contribution in [2.45, 2.75) is 33.1 Å². The number of alkyl halides is 3. The largest absolute Gasteiger partial charge is 0.460 e. The van der Waals surface area contributed by atoms with Gasteiger partial charge in [-0.3, -0.25) is 0 Å². The third kappa shape index (κ3) is 8.73. The first-order chi connectivity index (χ1) is 17.7. The molecule has 0 bridgehead atoms. The van der Waals surface area contributed by atoms with E-state index in [1.54, 1.807) is 12.1 Å². The summed E-state index contributed by atoms with van der Waals surface area (Å²) in [5, 5.41) is 17.7. The summed E-state index contributed by atoms with van der Waals surface area (Å²) in [5.41, 5.74) is 1.11. The predicted octanol–water partition coefficient (Wildman–Crippen LogP) is 4.81. The van der Waals surface area contributed by atoms with Gasteiger partial charge in [-0.25, -0.2) is 4.68 Å². The molecular formula is C26H33F3N4O4. The molecule has 0 saturated carbocycles. The zero-order valence-corrected chi connectivity index (χ0v) is 21.2. The first-order valence-corrected chi connectivity index (χ1v) is 12.1. The Labute approximate surface area is 214 Å². The maximum Gasteiger partial charge on any atom is 0.416 e. The molecule has 3 aromatic rings. The zero-order valence-electron chi connectivity index (χ0n) is 21.2. The minimum Gasteiger partial charge on any atom is -0.460 e. The van der Waals surface area contributed by atoms with Gasteiger partial charge in [0.15, 0.2) is 5.82 Å². The molecule has 1 aromatic heterocycles. The third-order valence-electron chi connectivity index (χ3n) is 5.14. The number of ether oxygens (including phenoxy) is 3. The lowest BCUT2D eigenvalue weighted by Crippen LogP contribution is -2.25. The van der Waals surface area contributed by atoms with E-state index in [1.165, 1.54) is 16.8 Å². The highest BCUT2D eigenvalue weighted by molar-refractivity contribution is 5.60. The summed E-state index contributed by atoms with van der Waals surface area (Å²) in [5.74, 6) is 0.728. The highest BCUT2D eigenvalue weighted by Crippen LogP contribution is 2.31. The summed E-state index contributed by atoms with van der Waals surface area (Å²) in [7, 11) is 0. The van der Waals surface area contributed by atoms with Gasteiger partial charge >= 0.3 is 12.2 Å². The van der Waals surface area contributed by atoms with E-state index in [4.69, 9.17) is 14.2 Å². The second-order valence-corrected chi connectivity index (χ2v) is 8.76. The van der Waals surface area contributed by atoms with E-state index in [1.807, 2.05) is 32.9 Å². The van der Waals surface area contributed by atoms with Crippen molar-refractivity contribution in [2.24, 2.45) is 5.92 Å². The van der Waals surface area contributed by atoms with Crippen molar-refractivity contribution in [3.8, 4) is 23.1 Å². The Morgan fingerprint density at radius 1 is 0.973 bits per heavy atom. The lowest BCUT2D eigenvalue weighted by molar-refractivity contribution is -0.137. The molecule has 37 heavy (non-hydrogen) atoms. The van der Waals surface area contributed by atoms with Crippen molar-refractivity contribution in [1.82, 2.24) is 14.8 Å². The molecule has 0 spiro atoms. The minimum atomic E-state index is -4.43. The number of anilines is 1. The number of halogens is 3. The average molecular weight is 523 g/mol. The van der Waals surface area contributed by atoms with Gasteiger partial charge in [0.2, 0.25) is 0 Å². The molecule has 11 heteroatoms. The van der Waals surface area contributed by atoms with Gasteiger partial charge in [0, 0.05) is 31.0 Å². The molecule has 8 nitrogen and oxygen atoms in total. The standard InChI is InChI=1S/C26H33F3N4O4/c1-4-35-13-14-37-25-31-24(19-5-7-20(8-6-19)26(27,28)29)33(32-25)22-11-9-21(10-12-22)30-15-23(34)17-36-16-18(2)3/h5-12,18,23,30,34H,4,13-17H2,1-3H3. The highest BCUT2D eigenvalue weighted by atomic mass is 19.4. The van der Waals surface area contributed by atoms with Crippen molar-refractivity contribution in [3.63, 3.8) is 0 Å². The molecule has 1 heterocycles. The molecule has 3 rings (SSSR count). The second-order valence-electron chi connectivity index (χ2n) is 8.76. The fourth-order valence-electron chi connectivity index (χ4n) is 3.32. The van der Waals surface area contributed by atoms with Gasteiger partial charge in [0.25, 0.3) is 0 Å². The van der Waals surface area contributed by atoms with Crippen LogP contribution < -0.4 is 10.1 Å². The number of hydrogen-bond acceptors (Lipinski definition) is 7. The van der Waals surface area contributed by atoms with Crippen LogP contribution in [0.3, 0.4) is 0 Å². The summed E-state index contributed by atoms with van der Waals surface area (Å²) in [6, 6.07) is 12.0. The summed E-state index contributed by atoms with van der Waals surface area (Å²) < 4.78 is 56.9. The van der Waals surface area contributed by atoms with E-state index < -0.39 is 17.8 Å². The molecule has 2 N–H and O–H groups in total. The lowest BCUT2D eigenvalue weighted by atomic mass is 10.1. The van der Waals surface area contributed by atoms with E-state index in [2.05, 4.69) is 15.4 Å². The topological polar surface area (TPSA) is 90.7 Å². The molecule has 0 radical (unpaired) electrons. The molecule has 0 fully saturated rings. The Hall–Kier alpha value is -3.15. The number of aliphatic hydroxyl groups is 1. The van der Waals surface area contributed by atoms with Crippen LogP contribution in [0.1, 0.15) is 26.3 Å². The van der Waals surface area contributed by atoms with Crippen molar-refractivity contribution in [3.05, 3.63) is 54.1 Å². The maximum absolute atomic E-state index is 13.0. The third-order valence-corrected chi connectivity index (χ3v) is 5.14. The van der Waals surface area contributed by atoms with Crippen LogP contribution >= 0.6 is 0 Å². The van der Waals surface area contributed by atoms with Crippen molar-refractivity contribution in [1.29, 1.82) is 0 Å². The molecule has 0 amide bonds. The molecule has 0 aliphatic carbocycles. The van der Waals surface area contributed by atoms with E-state index in [-0.39, 0.29) is 19.2 Å². The first-order valence-electron chi connectivity index (χ1n) is 12.1. The Balaban J connectivity index is 1.76. The van der Waals surface area contributed by atoms with Gasteiger partial charge in [-0.15, -0.1) is 5.10 Å². The van der Waals surface area contributed by atoms with Gasteiger partial charge in [-0.1, -0.05) is 26.0 Å². The van der Waals surface area contributed by atoms with Crippen LogP contribution in [0.25, 0.3) is 17.1 Å². The number of aliphatic hydroxyl groups excluding tert-OH is 1. The van der Waals surface area contributed by atoms with Crippen LogP contribution in [-0.2, 0) is 15.7 Å². The van der Waals surface area contributed by atoms with E-state index >= 15 is 0 Å². The molecule has 1 atom stereocenters. The first kappa shape index (κ1) is 28.4. The Bertz CT molecular complexity index is 1090. The van der Waals surface area contributed by atoms with Crippen LogP contribution in [0, 0.1) is 5.92 Å². The SMILES string of the molecule is CCOCCOc1nc(-c2ccc(C(F)(F)F)cc2)n(-c2ccc(NCC(O)COCC(C)C)cc2)n1. The van der Waals surface area contributed by atoms with Gasteiger partial charge in [0.1, 0.15) is 6.61 Å². The van der Waals surface area contributed by atoms with Gasteiger partial charge in [-0.2, -0.15) is 18.2 Å². The van der Waals surface area contributed by atoms with Crippen LogP contribution in [0.5, 0.6) is 6.01 Å². The Morgan fingerprint density at radius 3 is 2.30 bits per heavy atom. The predicted molar refractivity (Wildman–Crippen MR) is 134 cm³/mol. The zero-order chi connectivity index (χ0) is 26.8. The lowest BCUT2D eigenvalue weighted by Gasteiger charge is -2.14. The van der Waals surface area contributed by atoms with Crippen LogP contribution in [0.4, 0.5) is 18.9 Å². The van der Waals surface area contributed by atoms with Gasteiger partial charge in [0.05, 0.1) is 30.6 Å². The van der Waals surface area contributed by atoms with Crippen LogP contribution in [0.15, 0.2) is 48.5 Å². The fraction of sp³-hybridized carbons (Fsp3) is 0.462. The number of aromatic nitrogens is 3. The number of nitrogens with zero attached hydrogens (tertiary/aromatic N) is 3. The van der Waals surface area contributed by atoms with E-state index in [0.29, 0.717) is 49.4 Å². The molecule has 202 valence electrons. The van der Waals surface area contributed by atoms with Crippen molar-refractivity contribution < 1.29 is 32.5 Å². The van der Waals surface area contributed by atoms with Gasteiger partial charge in [-0.05, 0) is 49.2 Å². The molecule has 0 aliphatic heterocycles. The average Bonchev–Trinajstić information content (AvgIpc) is 3.29. The summed E-state index contributed by atoms with van der Waals surface area (Å²) in [6.07, 6.45) is -5.09. The van der Waals surface area contributed by atoms with E-state index in [0.717, 1.165) is 17.8 Å². The molecule has 2 aromatic carbocycles. The number of nitrogens with one attached hydrogen (secondary N) is 1. The maximum atomic E-state index is 13.0. The monoisotopic (exact) mass is 522 g/mol. The Morgan fingerprint density at radius 2 is 1.68 bits per heavy atom. The molecule has 0 saturated heterocycles. The van der Waals surface area contributed by atoms with Crippen LogP contribution in [-0.4, -0.2) is 65.6 Å². The minimum absolute atomic E-state index is 0.0846. The van der Waals surface area contributed by atoms with Gasteiger partial charge < -0.3 is 24.6 Å². The summed E-state index contributed by atoms with van der Waals surface area (Å²) in [4.78, 5) is 4.40.